The van der Waals surface area contributed by atoms with E-state index in [9.17, 15) is 51.9 Å². The van der Waals surface area contributed by atoms with Crippen LogP contribution in [0.4, 0.5) is 55.0 Å². The molecule has 2 aromatic heterocycles. The van der Waals surface area contributed by atoms with Crippen LogP contribution in [0.1, 0.15) is 207 Å². The Morgan fingerprint density at radius 2 is 0.717 bits per heavy atom. The Bertz CT molecular complexity index is 3390. The van der Waals surface area contributed by atoms with Crippen LogP contribution in [0.2, 0.25) is 0 Å². The lowest BCUT2D eigenvalue weighted by Crippen LogP contribution is -3.00. The summed E-state index contributed by atoms with van der Waals surface area (Å²) in [5.74, 6) is 0.693. The highest BCUT2D eigenvalue weighted by Crippen LogP contribution is 2.30. The molecular formula is C98H194Cl2F10N16O15S4. The number of methoxy groups -OCH3 is 2. The molecule has 7 atom stereocenters. The molecule has 2 aromatic carbocycles. The summed E-state index contributed by atoms with van der Waals surface area (Å²) >= 11 is 0. The molecule has 31 nitrogen and oxygen atoms in total. The first-order valence-corrected chi connectivity index (χ1v) is 49.5. The molecule has 0 aliphatic rings. The largest absolute Gasteiger partial charge is 1.00 e. The van der Waals surface area contributed by atoms with Crippen molar-refractivity contribution >= 4 is 96.8 Å². The van der Waals surface area contributed by atoms with Crippen molar-refractivity contribution in [1.82, 2.24) is 47.2 Å². The van der Waals surface area contributed by atoms with Crippen LogP contribution in [-0.2, 0) is 52.5 Å². The second kappa shape index (κ2) is 123. The van der Waals surface area contributed by atoms with Crippen LogP contribution in [-0.4, -0.2) is 270 Å². The fourth-order valence-corrected chi connectivity index (χ4v) is 12.7. The zero-order valence-corrected chi connectivity index (χ0v) is 92.6. The Morgan fingerprint density at radius 1 is 0.386 bits per heavy atom. The third kappa shape index (κ3) is 133. The maximum absolute atomic E-state index is 13.0. The van der Waals surface area contributed by atoms with Crippen molar-refractivity contribution in [3.05, 3.63) is 109 Å². The van der Waals surface area contributed by atoms with E-state index in [0.717, 1.165) is 69.5 Å². The smallest absolute Gasteiger partial charge is 0.407 e. The molecule has 0 aliphatic heterocycles. The van der Waals surface area contributed by atoms with Crippen LogP contribution in [0.25, 0.3) is 0 Å². The van der Waals surface area contributed by atoms with Gasteiger partial charge in [-0.15, -0.1) is 0 Å². The van der Waals surface area contributed by atoms with Crippen LogP contribution in [0.5, 0.6) is 11.5 Å². The molecule has 145 heavy (non-hydrogen) atoms. The minimum Gasteiger partial charge on any atom is -1.00 e. The minimum atomic E-state index is -0.555. The average Bonchev–Trinajstić information content (AvgIpc) is 0.867. The second-order valence-electron chi connectivity index (χ2n) is 33.7. The van der Waals surface area contributed by atoms with E-state index >= 15 is 0 Å². The number of nitrogens with zero attached hydrogens (tertiary/aromatic N) is 4. The maximum Gasteiger partial charge on any atom is 0.407 e. The summed E-state index contributed by atoms with van der Waals surface area (Å²) in [7, 11) is 23.5. The number of carbonyl (C=O) groups is 9. The normalized spacial score (nSPS) is 11.0. The van der Waals surface area contributed by atoms with E-state index in [4.69, 9.17) is 88.9 Å². The van der Waals surface area contributed by atoms with Gasteiger partial charge < -0.3 is 128 Å². The Kier molecular flexibility index (Phi) is 153. The van der Waals surface area contributed by atoms with E-state index in [2.05, 4.69) is 94.2 Å². The Hall–Kier alpha value is -7.51. The average molecular weight is 2230 g/mol. The monoisotopic (exact) mass is 2220 g/mol. The second-order valence-corrected chi connectivity index (χ2v) is 38.6. The highest BCUT2D eigenvalue weighted by molar-refractivity contribution is 8.77. The topological polar surface area (TPSA) is 449 Å². The first-order chi connectivity index (χ1) is 65.1. The fourth-order valence-electron chi connectivity index (χ4n) is 9.13. The van der Waals surface area contributed by atoms with Crippen molar-refractivity contribution in [1.29, 1.82) is 0 Å². The van der Waals surface area contributed by atoms with Crippen LogP contribution < -0.4 is 100 Å². The molecule has 7 amide bonds. The molecule has 0 aliphatic carbocycles. The molecule has 0 saturated heterocycles. The number of hydrogen-bond acceptors (Lipinski definition) is 26. The molecule has 0 radical (unpaired) electrons. The molecule has 2 heterocycles. The van der Waals surface area contributed by atoms with E-state index in [1.807, 2.05) is 170 Å². The number of alkyl carbamates (subject to hydrolysis) is 2. The molecule has 4 aromatic rings. The van der Waals surface area contributed by atoms with Crippen molar-refractivity contribution in [3.8, 4) is 11.5 Å². The van der Waals surface area contributed by atoms with Gasteiger partial charge in [0.25, 0.3) is 0 Å². The van der Waals surface area contributed by atoms with Gasteiger partial charge in [-0.1, -0.05) is 176 Å². The molecule has 47 heteroatoms. The number of nitrogens with one attached hydrogen (secondary N) is 7. The van der Waals surface area contributed by atoms with Gasteiger partial charge in [0.1, 0.15) is 32.8 Å². The molecular weight excluding hydrogens is 2030 g/mol. The molecule has 7 unspecified atom stereocenters. The lowest BCUT2D eigenvalue weighted by atomic mass is 9.85. The zero-order chi connectivity index (χ0) is 109. The van der Waals surface area contributed by atoms with Crippen molar-refractivity contribution in [2.24, 2.45) is 70.1 Å². The van der Waals surface area contributed by atoms with Gasteiger partial charge in [-0.05, 0) is 176 Å². The highest BCUT2D eigenvalue weighted by atomic mass is 35.5. The van der Waals surface area contributed by atoms with Crippen LogP contribution >= 0.6 is 43.2 Å². The predicted octanol–water partition coefficient (Wildman–Crippen LogP) is 13.6. The number of esters is 2. The van der Waals surface area contributed by atoms with Gasteiger partial charge in [-0.2, -0.15) is 0 Å². The summed E-state index contributed by atoms with van der Waals surface area (Å²) in [6.45, 7) is 41.9. The number of para-hydroxylation sites is 2. The van der Waals surface area contributed by atoms with Crippen LogP contribution in [0, 0.1) is 41.4 Å². The molecule has 17 N–H and O–H groups in total. The van der Waals surface area contributed by atoms with E-state index in [1.165, 1.54) is 0 Å². The molecule has 864 valence electrons. The van der Waals surface area contributed by atoms with Gasteiger partial charge in [0, 0.05) is 169 Å². The summed E-state index contributed by atoms with van der Waals surface area (Å²) in [4.78, 5) is 116. The Labute approximate surface area is 894 Å². The zero-order valence-electron chi connectivity index (χ0n) is 87.8. The predicted molar refractivity (Wildman–Crippen MR) is 577 cm³/mol. The summed E-state index contributed by atoms with van der Waals surface area (Å²) in [5.41, 5.74) is 24.9. The van der Waals surface area contributed by atoms with Crippen molar-refractivity contribution in [2.75, 3.05) is 174 Å². The quantitative estimate of drug-likeness (QED) is 0.00489. The Balaban J connectivity index is -0.0000000817. The van der Waals surface area contributed by atoms with E-state index in [-0.39, 0.29) is 152 Å². The number of benzene rings is 2. The number of carbonyl (C=O) groups excluding carboxylic acids is 9. The summed E-state index contributed by atoms with van der Waals surface area (Å²) in [6, 6.07) is 30.3. The third-order valence-corrected chi connectivity index (χ3v) is 20.8. The van der Waals surface area contributed by atoms with E-state index < -0.39 is 29.3 Å². The van der Waals surface area contributed by atoms with Crippen molar-refractivity contribution < 1.29 is 151 Å². The van der Waals surface area contributed by atoms with Gasteiger partial charge in [0.05, 0.1) is 101 Å². The van der Waals surface area contributed by atoms with Crippen LogP contribution in [0.15, 0.2) is 120 Å². The molecule has 0 spiro atoms. The van der Waals surface area contributed by atoms with E-state index in [0.29, 0.717) is 123 Å². The minimum absolute atomic E-state index is 0. The number of hydrogen-bond donors (Lipinski definition) is 12. The summed E-state index contributed by atoms with van der Waals surface area (Å²) in [5, 5.41) is 21.6. The van der Waals surface area contributed by atoms with Crippen LogP contribution in [0.3, 0.4) is 0 Å². The van der Waals surface area contributed by atoms with Gasteiger partial charge in [0.15, 0.2) is 0 Å². The van der Waals surface area contributed by atoms with E-state index in [1.54, 1.807) is 122 Å². The molecule has 0 fully saturated rings. The number of rotatable bonds is 44. The number of nitrogens with two attached hydrogens (primary N) is 5. The number of alkyl halides is 2. The number of likely N-dealkylation sites (N-methyl/N-ethyl adjacent to an activating group) is 2. The standard InChI is InChI=1S/C26H45N5O3S2.C18H35N3O5.2C11H14O2.C7H16N2O2.C7H10N2S2.C5H15N2.C3H9NO.C3H9N.2CH3F.5CH4.2ClH.4F2/c1-8-21(25(33)29-14-16-35-36-23-11-9-10-12-27-23)18-22(26(34)30-19(2)3)17-20(4)24(32)28-13-15-31(5,6)7;1-7-14(16(23)20-10-11-25-6)12-13(2)15(22)19-8-9-21-17(24)26-18(3,4)5;2*1-3-9(2)11(12)13-10-7-5-4-6-8-10;1-7(2,3)11-6(10)9-5-4-8;8-4-6-10-11-7-3-1-2-5-9-7;1-7(2,3)5-4-6;1-5-3-2-4;1-3(2)4;2*1-2;;;;;;;;4*1-2/h9-12,19-22H,8,13-18H2,1-7H3,(H2-,28,29,30,32,33,34);13-14H,7-12H2,1-6H3,(H,19,22)(H,20,23)(H,21,24);2*4-9H,3H2,1-2H3;4-5,8H2,1-3H3,(H,9,10);1-3,5H,4,6,8H2;4-6H2,1-3H3;2-4H2,1H3;3H,4H2,1-2H3;2*1H3;5*1H4;2*1H;;;;/q;;;;;;+1;;;;;;;;;;;;;;;/p-1. The van der Waals surface area contributed by atoms with Crippen molar-refractivity contribution in [2.45, 2.75) is 240 Å². The van der Waals surface area contributed by atoms with Gasteiger partial charge in [-0.3, -0.25) is 42.3 Å². The molecule has 0 bridgehead atoms. The lowest BCUT2D eigenvalue weighted by molar-refractivity contribution is -0.869. The highest BCUT2D eigenvalue weighted by Gasteiger charge is 2.31. The van der Waals surface area contributed by atoms with Gasteiger partial charge >= 0.3 is 24.1 Å². The number of amides is 7. The first kappa shape index (κ1) is 179. The van der Waals surface area contributed by atoms with Gasteiger partial charge in [-0.25, -0.2) is 19.6 Å². The SMILES string of the molecule is C.C.C.C.C.CC(C)(C)OC(=O)NCCN.CC(C)N.CCC(C)C(=O)Oc1ccccc1.CCC(C)C(=O)Oc1ccccc1.CCC(CC(C)C(=O)NCCNC(=O)OC(C)(C)C)C(=O)NCCOC.CCC(CC(CC(C)C(=O)NCC[N+](C)(C)C)C(=O)NC(C)C)C(=O)NCCSSc1ccccn1.CF.CF.COCCN.C[N+](C)(C)CCN.FF.FF.FF.FF.NCCSSc1ccccn1.[Cl-].[Cl-]. The number of pyridine rings is 2. The molecule has 0 saturated carbocycles. The number of ether oxygens (including phenoxy) is 6. The first-order valence-electron chi connectivity index (χ1n) is 44.9. The fraction of sp³-hybridized carbons (Fsp3) is 0.684. The Morgan fingerprint density at radius 3 is 1.01 bits per heavy atom. The van der Waals surface area contributed by atoms with Crippen molar-refractivity contribution in [3.63, 3.8) is 0 Å². The third-order valence-electron chi connectivity index (χ3n) is 16.2. The number of aromatic nitrogens is 2. The molecule has 4 rings (SSSR count). The summed E-state index contributed by atoms with van der Waals surface area (Å²) in [6.07, 6.45) is 6.86. The summed E-state index contributed by atoms with van der Waals surface area (Å²) < 4.78 is 115. The number of quaternary nitrogens is 2. The number of halogens is 12. The van der Waals surface area contributed by atoms with Gasteiger partial charge in [0.2, 0.25) is 29.5 Å². The lowest BCUT2D eigenvalue weighted by Gasteiger charge is -2.26. The maximum atomic E-state index is 13.0.